The van der Waals surface area contributed by atoms with Gasteiger partial charge < -0.3 is 10.7 Å². The lowest BCUT2D eigenvalue weighted by Crippen LogP contribution is -2.10. The van der Waals surface area contributed by atoms with Crippen LogP contribution in [0.2, 0.25) is 0 Å². The van der Waals surface area contributed by atoms with Crippen molar-refractivity contribution in [1.82, 2.24) is 4.98 Å². The smallest absolute Gasteiger partial charge is 0.123 e. The van der Waals surface area contributed by atoms with Crippen LogP contribution in [0.25, 0.3) is 0 Å². The Hall–Kier alpha value is -2.11. The van der Waals surface area contributed by atoms with E-state index >= 15 is 0 Å². The zero-order chi connectivity index (χ0) is 13.1. The van der Waals surface area contributed by atoms with Gasteiger partial charge in [0.2, 0.25) is 0 Å². The van der Waals surface area contributed by atoms with Gasteiger partial charge in [-0.15, -0.1) is 0 Å². The Morgan fingerprint density at radius 1 is 1.28 bits per heavy atom. The molecule has 3 N–H and O–H groups in total. The summed E-state index contributed by atoms with van der Waals surface area (Å²) in [6.07, 6.45) is 6.87. The molecule has 0 saturated carbocycles. The fraction of sp³-hybridized carbons (Fsp3) is 0.308. The zero-order valence-electron chi connectivity index (χ0n) is 9.73. The highest BCUT2D eigenvalue weighted by atomic mass is 32.1. The number of aromatic amines is 1. The Labute approximate surface area is 110 Å². The van der Waals surface area contributed by atoms with Crippen LogP contribution in [0.15, 0.2) is 12.2 Å². The van der Waals surface area contributed by atoms with E-state index in [1.807, 2.05) is 0 Å². The van der Waals surface area contributed by atoms with E-state index < -0.39 is 0 Å². The van der Waals surface area contributed by atoms with E-state index in [2.05, 4.69) is 29.3 Å². The summed E-state index contributed by atoms with van der Waals surface area (Å²) in [4.78, 5) is 2.72. The fourth-order valence-electron chi connectivity index (χ4n) is 2.34. The number of rotatable bonds is 1. The second kappa shape index (κ2) is 5.03. The lowest BCUT2D eigenvalue weighted by atomic mass is 9.83. The summed E-state index contributed by atoms with van der Waals surface area (Å²) in [5, 5.41) is 18.5. The number of anilines is 1. The van der Waals surface area contributed by atoms with Crippen molar-refractivity contribution in [3.8, 4) is 12.1 Å². The quantitative estimate of drug-likeness (QED) is 0.597. The predicted octanol–water partition coefficient (Wildman–Crippen LogP) is 2.89. The highest BCUT2D eigenvalue weighted by molar-refractivity contribution is 7.71. The van der Waals surface area contributed by atoms with Gasteiger partial charge in [-0.1, -0.05) is 24.4 Å². The minimum atomic E-state index is 0.151. The van der Waals surface area contributed by atoms with Gasteiger partial charge in [-0.25, -0.2) is 0 Å². The molecule has 1 heterocycles. The number of nitrogens with two attached hydrogens (primary N) is 1. The van der Waals surface area contributed by atoms with Crippen LogP contribution in [-0.2, 0) is 0 Å². The van der Waals surface area contributed by atoms with Crippen molar-refractivity contribution in [3.63, 3.8) is 0 Å². The van der Waals surface area contributed by atoms with Gasteiger partial charge in [-0.2, -0.15) is 10.5 Å². The monoisotopic (exact) mass is 256 g/mol. The number of nitrogens with one attached hydrogen (secondary N) is 1. The Bertz CT molecular complexity index is 643. The number of nitrogens with zero attached hydrogens (tertiary/aromatic N) is 2. The third-order valence-electron chi connectivity index (χ3n) is 3.18. The van der Waals surface area contributed by atoms with E-state index in [-0.39, 0.29) is 11.7 Å². The minimum absolute atomic E-state index is 0.151. The summed E-state index contributed by atoms with van der Waals surface area (Å²) in [5.74, 6) is 0.406. The van der Waals surface area contributed by atoms with Crippen molar-refractivity contribution in [2.75, 3.05) is 5.73 Å². The molecule has 0 fully saturated rings. The van der Waals surface area contributed by atoms with Gasteiger partial charge in [-0.3, -0.25) is 0 Å². The van der Waals surface area contributed by atoms with Crippen LogP contribution in [0, 0.1) is 27.3 Å². The molecule has 1 atom stereocenters. The molecule has 0 bridgehead atoms. The van der Waals surface area contributed by atoms with E-state index in [1.54, 1.807) is 0 Å². The fourth-order valence-corrected chi connectivity index (χ4v) is 2.60. The van der Waals surface area contributed by atoms with Crippen molar-refractivity contribution < 1.29 is 0 Å². The molecule has 5 heteroatoms. The lowest BCUT2D eigenvalue weighted by molar-refractivity contribution is 0.613. The molecular weight excluding hydrogens is 244 g/mol. The average Bonchev–Trinajstić information content (AvgIpc) is 2.39. The second-order valence-electron chi connectivity index (χ2n) is 4.24. The van der Waals surface area contributed by atoms with Gasteiger partial charge in [-0.05, 0) is 30.7 Å². The van der Waals surface area contributed by atoms with Gasteiger partial charge in [0.05, 0.1) is 11.1 Å². The minimum Gasteiger partial charge on any atom is -0.384 e. The highest BCUT2D eigenvalue weighted by Gasteiger charge is 2.23. The topological polar surface area (TPSA) is 89.4 Å². The number of pyridine rings is 1. The highest BCUT2D eigenvalue weighted by Crippen LogP contribution is 2.35. The summed E-state index contributed by atoms with van der Waals surface area (Å²) in [5.41, 5.74) is 7.25. The van der Waals surface area contributed by atoms with Gasteiger partial charge >= 0.3 is 0 Å². The molecule has 0 aliphatic heterocycles. The Morgan fingerprint density at radius 2 is 2.00 bits per heavy atom. The van der Waals surface area contributed by atoms with Crippen LogP contribution in [0.4, 0.5) is 5.82 Å². The summed E-state index contributed by atoms with van der Waals surface area (Å²) in [6.45, 7) is 0. The summed E-state index contributed by atoms with van der Waals surface area (Å²) >= 11 is 5.12. The van der Waals surface area contributed by atoms with Crippen molar-refractivity contribution in [2.24, 2.45) is 0 Å². The Morgan fingerprint density at radius 3 is 2.56 bits per heavy atom. The first kappa shape index (κ1) is 12.3. The van der Waals surface area contributed by atoms with Crippen molar-refractivity contribution in [2.45, 2.75) is 25.2 Å². The molecular formula is C13H12N4S. The molecule has 0 spiro atoms. The van der Waals surface area contributed by atoms with Crippen LogP contribution in [0.1, 0.15) is 41.9 Å². The normalized spacial score (nSPS) is 18.0. The molecule has 0 unspecified atom stereocenters. The largest absolute Gasteiger partial charge is 0.384 e. The first-order valence-electron chi connectivity index (χ1n) is 5.70. The SMILES string of the molecule is N#Cc1c(N)[nH]c(=S)c(C#N)c1[C@H]1CC=CCC1. The van der Waals surface area contributed by atoms with Gasteiger partial charge in [0.15, 0.2) is 0 Å². The molecule has 90 valence electrons. The van der Waals surface area contributed by atoms with Crippen LogP contribution in [0.3, 0.4) is 0 Å². The average molecular weight is 256 g/mol. The predicted molar refractivity (Wildman–Crippen MR) is 71.2 cm³/mol. The lowest BCUT2D eigenvalue weighted by Gasteiger charge is -2.21. The molecule has 4 nitrogen and oxygen atoms in total. The number of allylic oxidation sites excluding steroid dienone is 2. The Kier molecular flexibility index (Phi) is 3.45. The molecule has 0 radical (unpaired) electrons. The molecule has 2 rings (SSSR count). The van der Waals surface area contributed by atoms with Crippen molar-refractivity contribution in [1.29, 1.82) is 10.5 Å². The number of aromatic nitrogens is 1. The Balaban J connectivity index is 2.70. The molecule has 1 aliphatic carbocycles. The van der Waals surface area contributed by atoms with E-state index in [9.17, 15) is 10.5 Å². The second-order valence-corrected chi connectivity index (χ2v) is 4.64. The van der Waals surface area contributed by atoms with Gasteiger partial charge in [0.1, 0.15) is 22.6 Å². The maximum Gasteiger partial charge on any atom is 0.123 e. The summed E-state index contributed by atoms with van der Waals surface area (Å²) < 4.78 is 0.318. The van der Waals surface area contributed by atoms with E-state index in [4.69, 9.17) is 18.0 Å². The van der Waals surface area contributed by atoms with Crippen molar-refractivity contribution >= 4 is 18.0 Å². The molecule has 0 amide bonds. The summed E-state index contributed by atoms with van der Waals surface area (Å²) in [6, 6.07) is 4.18. The van der Waals surface area contributed by atoms with Crippen LogP contribution in [0.5, 0.6) is 0 Å². The standard InChI is InChI=1S/C13H12N4S/c14-6-9-11(8-4-2-1-3-5-8)10(7-15)13(18)17-12(9)16/h1-2,8H,3-5H2,(H3,16,17,18)/t8-/m0/s1. The third kappa shape index (κ3) is 2.01. The van der Waals surface area contributed by atoms with Crippen molar-refractivity contribution in [3.05, 3.63) is 33.5 Å². The van der Waals surface area contributed by atoms with E-state index in [0.717, 1.165) is 19.3 Å². The summed E-state index contributed by atoms with van der Waals surface area (Å²) in [7, 11) is 0. The number of nitriles is 2. The molecule has 0 aromatic carbocycles. The van der Waals surface area contributed by atoms with Gasteiger partial charge in [0, 0.05) is 0 Å². The van der Waals surface area contributed by atoms with Crippen LogP contribution >= 0.6 is 12.2 Å². The van der Waals surface area contributed by atoms with Crippen LogP contribution in [-0.4, -0.2) is 4.98 Å². The number of hydrogen-bond donors (Lipinski definition) is 2. The number of H-pyrrole nitrogens is 1. The van der Waals surface area contributed by atoms with Gasteiger partial charge in [0.25, 0.3) is 0 Å². The molecule has 1 aliphatic rings. The molecule has 1 aromatic rings. The molecule has 18 heavy (non-hydrogen) atoms. The zero-order valence-corrected chi connectivity index (χ0v) is 10.5. The maximum atomic E-state index is 9.24. The van der Waals surface area contributed by atoms with E-state index in [0.29, 0.717) is 21.3 Å². The first-order valence-corrected chi connectivity index (χ1v) is 6.10. The van der Waals surface area contributed by atoms with Crippen LogP contribution < -0.4 is 5.73 Å². The number of nitrogen functional groups attached to an aromatic ring is 1. The van der Waals surface area contributed by atoms with E-state index in [1.165, 1.54) is 0 Å². The third-order valence-corrected chi connectivity index (χ3v) is 3.49. The number of hydrogen-bond acceptors (Lipinski definition) is 4. The first-order chi connectivity index (χ1) is 8.69. The molecule has 0 saturated heterocycles. The molecule has 1 aromatic heterocycles. The maximum absolute atomic E-state index is 9.24.